The molecule has 0 heterocycles. The lowest BCUT2D eigenvalue weighted by molar-refractivity contribution is 0.309. The molecule has 3 heteroatoms. The molecular formula is C7H16N2S. The first-order valence-electron chi connectivity index (χ1n) is 3.74. The van der Waals surface area contributed by atoms with Crippen molar-refractivity contribution < 1.29 is 0 Å². The van der Waals surface area contributed by atoms with Crippen molar-refractivity contribution in [2.24, 2.45) is 0 Å². The lowest BCUT2D eigenvalue weighted by Gasteiger charge is -2.16. The fourth-order valence-corrected chi connectivity index (χ4v) is 0.939. The molecular weight excluding hydrogens is 144 g/mol. The Morgan fingerprint density at radius 3 is 2.40 bits per heavy atom. The molecule has 2 nitrogen and oxygen atoms in total. The molecule has 0 rings (SSSR count). The Morgan fingerprint density at radius 2 is 2.00 bits per heavy atom. The van der Waals surface area contributed by atoms with E-state index in [0.717, 1.165) is 26.2 Å². The van der Waals surface area contributed by atoms with Crippen molar-refractivity contribution in [3.63, 3.8) is 0 Å². The third kappa shape index (κ3) is 4.70. The molecule has 60 valence electrons. The number of hydrogen-bond acceptors (Lipinski definition) is 2. The van der Waals surface area contributed by atoms with Crippen LogP contribution in [0.1, 0.15) is 13.8 Å². The Bertz CT molecular complexity index is 81.7. The second-order valence-electron chi connectivity index (χ2n) is 2.10. The summed E-state index contributed by atoms with van der Waals surface area (Å²) in [6.45, 7) is 8.62. The van der Waals surface area contributed by atoms with Crippen molar-refractivity contribution in [1.29, 1.82) is 0 Å². The third-order valence-corrected chi connectivity index (χ3v) is 1.72. The average Bonchev–Trinajstić information content (AvgIpc) is 1.99. The van der Waals surface area contributed by atoms with Crippen LogP contribution in [-0.4, -0.2) is 36.6 Å². The van der Waals surface area contributed by atoms with Crippen LogP contribution in [0.3, 0.4) is 0 Å². The number of nitrogens with one attached hydrogen (secondary N) is 1. The molecule has 0 aliphatic rings. The monoisotopic (exact) mass is 160 g/mol. The molecule has 10 heavy (non-hydrogen) atoms. The van der Waals surface area contributed by atoms with Gasteiger partial charge in [0.1, 0.15) is 0 Å². The summed E-state index contributed by atoms with van der Waals surface area (Å²) in [5, 5.41) is 3.00. The van der Waals surface area contributed by atoms with E-state index in [2.05, 4.69) is 36.3 Å². The van der Waals surface area contributed by atoms with Gasteiger partial charge in [0.2, 0.25) is 0 Å². The van der Waals surface area contributed by atoms with E-state index in [0.29, 0.717) is 0 Å². The van der Waals surface area contributed by atoms with Crippen LogP contribution in [-0.2, 0) is 0 Å². The molecule has 0 aliphatic heterocycles. The molecule has 0 amide bonds. The normalized spacial score (nSPS) is 9.90. The molecule has 0 spiro atoms. The Morgan fingerprint density at radius 1 is 1.40 bits per heavy atom. The minimum atomic E-state index is 0.963. The number of rotatable bonds is 6. The molecule has 0 aromatic heterocycles. The Kier molecular flexibility index (Phi) is 6.86. The second kappa shape index (κ2) is 6.96. The first-order valence-corrected chi connectivity index (χ1v) is 4.21. The first kappa shape index (κ1) is 9.85. The summed E-state index contributed by atoms with van der Waals surface area (Å²) in [5.74, 6) is 0. The standard InChI is InChI=1S/C7H16N2S/c1-3-9(4-2)6-5-8-7-10/h7H,3-6H2,1-2H3,(H,8,10). The Hall–Kier alpha value is -0.150. The van der Waals surface area contributed by atoms with Gasteiger partial charge in [-0.25, -0.2) is 0 Å². The van der Waals surface area contributed by atoms with Crippen LogP contribution >= 0.6 is 12.2 Å². The zero-order valence-corrected chi connectivity index (χ0v) is 7.58. The molecule has 0 bridgehead atoms. The molecule has 0 atom stereocenters. The highest BCUT2D eigenvalue weighted by Crippen LogP contribution is 1.82. The topological polar surface area (TPSA) is 15.3 Å². The number of nitrogens with zero attached hydrogens (tertiary/aromatic N) is 1. The van der Waals surface area contributed by atoms with Crippen molar-refractivity contribution in [1.82, 2.24) is 10.2 Å². The number of thiocarbonyl (C=S) groups is 1. The van der Waals surface area contributed by atoms with Crippen LogP contribution in [0.5, 0.6) is 0 Å². The van der Waals surface area contributed by atoms with Gasteiger partial charge in [-0.2, -0.15) is 0 Å². The van der Waals surface area contributed by atoms with Crippen molar-refractivity contribution in [2.45, 2.75) is 13.8 Å². The number of hydrogen-bond donors (Lipinski definition) is 1. The summed E-state index contributed by atoms with van der Waals surface area (Å²) in [6, 6.07) is 0. The molecule has 0 aromatic rings. The van der Waals surface area contributed by atoms with Gasteiger partial charge in [-0.1, -0.05) is 26.1 Å². The minimum Gasteiger partial charge on any atom is -0.381 e. The van der Waals surface area contributed by atoms with Gasteiger partial charge in [0.05, 0.1) is 5.49 Å². The van der Waals surface area contributed by atoms with Gasteiger partial charge < -0.3 is 10.2 Å². The van der Waals surface area contributed by atoms with E-state index < -0.39 is 0 Å². The summed E-state index contributed by atoms with van der Waals surface area (Å²) in [6.07, 6.45) is 0. The van der Waals surface area contributed by atoms with Crippen molar-refractivity contribution in [3.05, 3.63) is 0 Å². The fourth-order valence-electron chi connectivity index (χ4n) is 0.821. The van der Waals surface area contributed by atoms with Crippen LogP contribution < -0.4 is 5.32 Å². The van der Waals surface area contributed by atoms with E-state index >= 15 is 0 Å². The largest absolute Gasteiger partial charge is 0.381 e. The van der Waals surface area contributed by atoms with E-state index in [1.165, 1.54) is 0 Å². The van der Waals surface area contributed by atoms with Crippen LogP contribution in [0, 0.1) is 0 Å². The van der Waals surface area contributed by atoms with Gasteiger partial charge in [0.15, 0.2) is 0 Å². The van der Waals surface area contributed by atoms with Crippen LogP contribution in [0.2, 0.25) is 0 Å². The van der Waals surface area contributed by atoms with Crippen LogP contribution in [0.15, 0.2) is 0 Å². The summed E-state index contributed by atoms with van der Waals surface area (Å²) in [4.78, 5) is 2.35. The van der Waals surface area contributed by atoms with E-state index in [4.69, 9.17) is 0 Å². The minimum absolute atomic E-state index is 0.963. The molecule has 0 unspecified atom stereocenters. The molecule has 0 fully saturated rings. The maximum atomic E-state index is 4.62. The fraction of sp³-hybridized carbons (Fsp3) is 0.857. The van der Waals surface area contributed by atoms with Crippen molar-refractivity contribution in [3.8, 4) is 0 Å². The molecule has 0 saturated carbocycles. The zero-order chi connectivity index (χ0) is 7.82. The van der Waals surface area contributed by atoms with Gasteiger partial charge in [-0.15, -0.1) is 0 Å². The van der Waals surface area contributed by atoms with Gasteiger partial charge in [-0.3, -0.25) is 0 Å². The zero-order valence-electron chi connectivity index (χ0n) is 6.76. The Balaban J connectivity index is 3.16. The highest BCUT2D eigenvalue weighted by Gasteiger charge is 1.94. The predicted octanol–water partition coefficient (Wildman–Crippen LogP) is 0.875. The summed E-state index contributed by atoms with van der Waals surface area (Å²) in [5.41, 5.74) is 1.57. The molecule has 1 N–H and O–H groups in total. The van der Waals surface area contributed by atoms with Gasteiger partial charge in [0, 0.05) is 13.1 Å². The van der Waals surface area contributed by atoms with Gasteiger partial charge in [-0.05, 0) is 13.1 Å². The quantitative estimate of drug-likeness (QED) is 0.458. The van der Waals surface area contributed by atoms with Crippen molar-refractivity contribution >= 4 is 17.7 Å². The SMILES string of the molecule is CCN(CC)CCNC=S. The van der Waals surface area contributed by atoms with Gasteiger partial charge in [0.25, 0.3) is 0 Å². The smallest absolute Gasteiger partial charge is 0.0615 e. The second-order valence-corrected chi connectivity index (χ2v) is 2.33. The molecule has 0 aliphatic carbocycles. The van der Waals surface area contributed by atoms with E-state index in [9.17, 15) is 0 Å². The maximum absolute atomic E-state index is 4.62. The summed E-state index contributed by atoms with van der Waals surface area (Å²) in [7, 11) is 0. The summed E-state index contributed by atoms with van der Waals surface area (Å²) < 4.78 is 0. The van der Waals surface area contributed by atoms with Crippen LogP contribution in [0.25, 0.3) is 0 Å². The highest BCUT2D eigenvalue weighted by molar-refractivity contribution is 7.78. The lowest BCUT2D eigenvalue weighted by Crippen LogP contribution is -2.31. The number of likely N-dealkylation sites (N-methyl/N-ethyl adjacent to an activating group) is 1. The first-order chi connectivity index (χ1) is 4.85. The predicted molar refractivity (Wildman–Crippen MR) is 49.4 cm³/mol. The molecule has 0 saturated heterocycles. The summed E-state index contributed by atoms with van der Waals surface area (Å²) >= 11 is 4.62. The maximum Gasteiger partial charge on any atom is 0.0615 e. The molecule has 0 radical (unpaired) electrons. The molecule has 0 aromatic carbocycles. The lowest BCUT2D eigenvalue weighted by atomic mass is 10.5. The Labute approximate surface area is 68.6 Å². The van der Waals surface area contributed by atoms with Crippen molar-refractivity contribution in [2.75, 3.05) is 26.2 Å². The van der Waals surface area contributed by atoms with E-state index in [1.54, 1.807) is 5.49 Å². The average molecular weight is 160 g/mol. The van der Waals surface area contributed by atoms with E-state index in [-0.39, 0.29) is 0 Å². The van der Waals surface area contributed by atoms with E-state index in [1.807, 2.05) is 0 Å². The van der Waals surface area contributed by atoms with Gasteiger partial charge >= 0.3 is 0 Å². The van der Waals surface area contributed by atoms with Crippen LogP contribution in [0.4, 0.5) is 0 Å². The highest BCUT2D eigenvalue weighted by atomic mass is 32.1. The third-order valence-electron chi connectivity index (χ3n) is 1.55.